The molecule has 9 atom stereocenters. The van der Waals surface area contributed by atoms with Gasteiger partial charge in [-0.3, -0.25) is 14.4 Å². The molecule has 2 heterocycles. The molecule has 7 nitrogen and oxygen atoms in total. The molecule has 0 amide bonds. The molecule has 6 rings (SSSR count). The second kappa shape index (κ2) is 5.79. The van der Waals surface area contributed by atoms with Crippen LogP contribution in [0.4, 0.5) is 0 Å². The van der Waals surface area contributed by atoms with Crippen molar-refractivity contribution in [3.8, 4) is 0 Å². The Balaban J connectivity index is 1.52. The van der Waals surface area contributed by atoms with Crippen molar-refractivity contribution in [2.75, 3.05) is 7.11 Å². The third-order valence-electron chi connectivity index (χ3n) is 10.3. The molecule has 0 unspecified atom stereocenters. The second-order valence-electron chi connectivity index (χ2n) is 11.1. The zero-order chi connectivity index (χ0) is 22.0. The first-order valence-electron chi connectivity index (χ1n) is 11.5. The molecule has 6 aliphatic rings. The van der Waals surface area contributed by atoms with Crippen LogP contribution < -0.4 is 0 Å². The van der Waals surface area contributed by atoms with Crippen LogP contribution in [-0.2, 0) is 28.6 Å². The maximum absolute atomic E-state index is 13.1. The van der Waals surface area contributed by atoms with E-state index in [2.05, 4.69) is 13.8 Å². The summed E-state index contributed by atoms with van der Waals surface area (Å²) in [6.45, 7) is 4.28. The zero-order valence-electron chi connectivity index (χ0n) is 18.3. The van der Waals surface area contributed by atoms with Crippen LogP contribution >= 0.6 is 0 Å². The summed E-state index contributed by atoms with van der Waals surface area (Å²) in [6.07, 6.45) is 4.91. The molecule has 2 saturated heterocycles. The lowest BCUT2D eigenvalue weighted by atomic mass is 9.43. The number of ketones is 1. The molecular formula is C24H30O7. The van der Waals surface area contributed by atoms with E-state index < -0.39 is 34.6 Å². The topological polar surface area (TPSA) is 102 Å². The number of carbonyl (C=O) groups excluding carboxylic acids is 3. The highest BCUT2D eigenvalue weighted by Gasteiger charge is 2.84. The molecule has 7 heteroatoms. The Morgan fingerprint density at radius 2 is 1.97 bits per heavy atom. The van der Waals surface area contributed by atoms with Crippen molar-refractivity contribution >= 4 is 17.7 Å². The number of hydrogen-bond donors (Lipinski definition) is 1. The average molecular weight is 430 g/mol. The van der Waals surface area contributed by atoms with Crippen LogP contribution in [0.3, 0.4) is 0 Å². The zero-order valence-corrected chi connectivity index (χ0v) is 18.3. The van der Waals surface area contributed by atoms with E-state index >= 15 is 0 Å². The van der Waals surface area contributed by atoms with E-state index in [1.807, 2.05) is 0 Å². The lowest BCUT2D eigenvalue weighted by Gasteiger charge is -2.59. The molecule has 168 valence electrons. The van der Waals surface area contributed by atoms with Gasteiger partial charge < -0.3 is 19.3 Å². The fraction of sp³-hybridized carbons (Fsp3) is 0.792. The van der Waals surface area contributed by atoms with Crippen molar-refractivity contribution in [1.82, 2.24) is 0 Å². The molecule has 2 aliphatic heterocycles. The fourth-order valence-electron chi connectivity index (χ4n) is 8.74. The first-order chi connectivity index (χ1) is 14.6. The van der Waals surface area contributed by atoms with E-state index in [1.165, 1.54) is 7.11 Å². The Morgan fingerprint density at radius 1 is 1.19 bits per heavy atom. The minimum absolute atomic E-state index is 0.0134. The molecule has 3 saturated carbocycles. The SMILES string of the molecule is COC(=O)[C@H]1[C@@H]2[C@H]3CC[C@@]4(CCC(=O)O4)[C@]3(C)C[C@H]3O[C@]23[C@@]2(C)CCC(=O)C=C2[C@H]1O. The van der Waals surface area contributed by atoms with Gasteiger partial charge in [0.25, 0.3) is 0 Å². The number of esters is 2. The second-order valence-corrected chi connectivity index (χ2v) is 11.1. The van der Waals surface area contributed by atoms with E-state index in [0.29, 0.717) is 31.3 Å². The molecule has 31 heavy (non-hydrogen) atoms. The Bertz CT molecular complexity index is 940. The average Bonchev–Trinajstić information content (AvgIpc) is 3.23. The van der Waals surface area contributed by atoms with Gasteiger partial charge >= 0.3 is 11.9 Å². The minimum atomic E-state index is -1.08. The van der Waals surface area contributed by atoms with E-state index in [0.717, 1.165) is 19.3 Å². The normalized spacial score (nSPS) is 54.3. The predicted molar refractivity (Wildman–Crippen MR) is 107 cm³/mol. The van der Waals surface area contributed by atoms with Crippen LogP contribution in [0.2, 0.25) is 0 Å². The summed E-state index contributed by atoms with van der Waals surface area (Å²) in [4.78, 5) is 37.5. The molecule has 0 aromatic carbocycles. The number of epoxide rings is 1. The van der Waals surface area contributed by atoms with Gasteiger partial charge in [-0.1, -0.05) is 13.8 Å². The summed E-state index contributed by atoms with van der Waals surface area (Å²) in [7, 11) is 1.35. The predicted octanol–water partition coefficient (Wildman–Crippen LogP) is 2.10. The van der Waals surface area contributed by atoms with Gasteiger partial charge in [0, 0.05) is 29.6 Å². The number of aliphatic hydroxyl groups is 1. The van der Waals surface area contributed by atoms with Gasteiger partial charge in [-0.2, -0.15) is 0 Å². The molecule has 2 spiro atoms. The maximum atomic E-state index is 13.1. The van der Waals surface area contributed by atoms with Gasteiger partial charge in [0.15, 0.2) is 5.78 Å². The lowest BCUT2D eigenvalue weighted by Crippen LogP contribution is -2.66. The van der Waals surface area contributed by atoms with Crippen LogP contribution in [-0.4, -0.2) is 53.3 Å². The molecule has 0 radical (unpaired) electrons. The van der Waals surface area contributed by atoms with Gasteiger partial charge in [0.05, 0.1) is 25.2 Å². The highest BCUT2D eigenvalue weighted by Crippen LogP contribution is 2.78. The van der Waals surface area contributed by atoms with Crippen LogP contribution in [0, 0.1) is 28.6 Å². The molecule has 0 aromatic heterocycles. The van der Waals surface area contributed by atoms with Crippen molar-refractivity contribution in [2.24, 2.45) is 28.6 Å². The summed E-state index contributed by atoms with van der Waals surface area (Å²) in [5, 5.41) is 11.5. The largest absolute Gasteiger partial charge is 0.469 e. The number of hydrogen-bond acceptors (Lipinski definition) is 7. The summed E-state index contributed by atoms with van der Waals surface area (Å²) in [5.41, 5.74) is -1.29. The quantitative estimate of drug-likeness (QED) is 0.502. The van der Waals surface area contributed by atoms with Crippen molar-refractivity contribution < 1.29 is 33.7 Å². The number of methoxy groups -OCH3 is 1. The lowest BCUT2D eigenvalue weighted by molar-refractivity contribution is -0.179. The van der Waals surface area contributed by atoms with Crippen molar-refractivity contribution in [1.29, 1.82) is 0 Å². The van der Waals surface area contributed by atoms with Crippen molar-refractivity contribution in [3.63, 3.8) is 0 Å². The fourth-order valence-corrected chi connectivity index (χ4v) is 8.74. The summed E-state index contributed by atoms with van der Waals surface area (Å²) < 4.78 is 17.7. The highest BCUT2D eigenvalue weighted by atomic mass is 16.6. The van der Waals surface area contributed by atoms with Gasteiger partial charge in [0.2, 0.25) is 0 Å². The standard InChI is InChI=1S/C24H30O7/c1-21-7-4-12(25)10-14(21)19(27)17(20(28)29-3)18-13-5-8-23(9-6-16(26)31-23)22(13,2)11-15-24(18,21)30-15/h10,13,15,17-19,27H,4-9,11H2,1-3H3/t13-,15-,17+,18+,19-,21+,22-,23-,24+/m1/s1. The third-order valence-corrected chi connectivity index (χ3v) is 10.3. The first kappa shape index (κ1) is 19.9. The van der Waals surface area contributed by atoms with E-state index in [1.54, 1.807) is 6.08 Å². The Morgan fingerprint density at radius 3 is 2.65 bits per heavy atom. The minimum Gasteiger partial charge on any atom is -0.469 e. The van der Waals surface area contributed by atoms with Gasteiger partial charge in [-0.15, -0.1) is 0 Å². The molecule has 0 bridgehead atoms. The molecule has 4 aliphatic carbocycles. The van der Waals surface area contributed by atoms with E-state index in [9.17, 15) is 19.5 Å². The number of ether oxygens (including phenoxy) is 3. The van der Waals surface area contributed by atoms with Gasteiger partial charge in [-0.05, 0) is 49.7 Å². The van der Waals surface area contributed by atoms with Gasteiger partial charge in [0.1, 0.15) is 11.2 Å². The highest BCUT2D eigenvalue weighted by molar-refractivity contribution is 5.92. The van der Waals surface area contributed by atoms with E-state index in [4.69, 9.17) is 14.2 Å². The summed E-state index contributed by atoms with van der Waals surface area (Å²) in [6, 6.07) is 0. The number of carbonyl (C=O) groups is 3. The molecular weight excluding hydrogens is 400 g/mol. The van der Waals surface area contributed by atoms with Crippen LogP contribution in [0.25, 0.3) is 0 Å². The molecule has 1 N–H and O–H groups in total. The smallest absolute Gasteiger partial charge is 0.312 e. The van der Waals surface area contributed by atoms with Crippen molar-refractivity contribution in [3.05, 3.63) is 11.6 Å². The first-order valence-corrected chi connectivity index (χ1v) is 11.5. The third kappa shape index (κ3) is 2.06. The molecule has 0 aromatic rings. The summed E-state index contributed by atoms with van der Waals surface area (Å²) in [5.74, 6) is -1.59. The molecule has 5 fully saturated rings. The van der Waals surface area contributed by atoms with Gasteiger partial charge in [-0.25, -0.2) is 0 Å². The number of fused-ring (bicyclic) bond motifs is 4. The van der Waals surface area contributed by atoms with Crippen molar-refractivity contribution in [2.45, 2.75) is 82.2 Å². The van der Waals surface area contributed by atoms with Crippen LogP contribution in [0.5, 0.6) is 0 Å². The van der Waals surface area contributed by atoms with Crippen LogP contribution in [0.15, 0.2) is 11.6 Å². The maximum Gasteiger partial charge on any atom is 0.312 e. The Hall–Kier alpha value is -1.73. The van der Waals surface area contributed by atoms with E-state index in [-0.39, 0.29) is 35.1 Å². The number of rotatable bonds is 1. The summed E-state index contributed by atoms with van der Waals surface area (Å²) >= 11 is 0. The Labute approximate surface area is 181 Å². The Kier molecular flexibility index (Phi) is 3.72. The monoisotopic (exact) mass is 430 g/mol. The van der Waals surface area contributed by atoms with Crippen LogP contribution in [0.1, 0.15) is 58.8 Å². The number of aliphatic hydroxyl groups excluding tert-OH is 1.